The molecular formula is C8H4BrF2NO. The molecule has 0 amide bonds. The van der Waals surface area contributed by atoms with Crippen LogP contribution in [-0.2, 0) is 6.67 Å². The number of aromatic nitrogens is 1. The molecule has 0 atom stereocenters. The summed E-state index contributed by atoms with van der Waals surface area (Å²) in [5, 5.41) is 0. The lowest BCUT2D eigenvalue weighted by molar-refractivity contribution is 0.393. The summed E-state index contributed by atoms with van der Waals surface area (Å²) in [6.07, 6.45) is 0. The first kappa shape index (κ1) is 8.62. The molecule has 0 unspecified atom stereocenters. The standard InChI is InChI=1S/C8H4BrF2NO/c9-4-1-5(11)8-6(2-4)13-7(3-10)12-8/h1-2H,3H2. The van der Waals surface area contributed by atoms with Crippen LogP contribution in [0.5, 0.6) is 0 Å². The molecule has 0 aliphatic heterocycles. The van der Waals surface area contributed by atoms with Crippen molar-refractivity contribution in [1.82, 2.24) is 4.98 Å². The van der Waals surface area contributed by atoms with Gasteiger partial charge in [0, 0.05) is 4.47 Å². The van der Waals surface area contributed by atoms with E-state index in [2.05, 4.69) is 20.9 Å². The van der Waals surface area contributed by atoms with Gasteiger partial charge in [0.15, 0.2) is 18.1 Å². The van der Waals surface area contributed by atoms with Crippen molar-refractivity contribution in [3.05, 3.63) is 28.3 Å². The van der Waals surface area contributed by atoms with E-state index in [-0.39, 0.29) is 17.0 Å². The largest absolute Gasteiger partial charge is 0.438 e. The van der Waals surface area contributed by atoms with Gasteiger partial charge >= 0.3 is 0 Å². The lowest BCUT2D eigenvalue weighted by Crippen LogP contribution is -1.79. The first-order chi connectivity index (χ1) is 6.20. The quantitative estimate of drug-likeness (QED) is 0.774. The number of oxazole rings is 1. The second kappa shape index (κ2) is 3.06. The first-order valence-electron chi connectivity index (χ1n) is 3.51. The van der Waals surface area contributed by atoms with E-state index in [1.54, 1.807) is 6.07 Å². The fraction of sp³-hybridized carbons (Fsp3) is 0.125. The zero-order chi connectivity index (χ0) is 9.42. The molecular weight excluding hydrogens is 244 g/mol. The smallest absolute Gasteiger partial charge is 0.227 e. The van der Waals surface area contributed by atoms with Crippen LogP contribution in [0.4, 0.5) is 8.78 Å². The molecule has 0 bridgehead atoms. The van der Waals surface area contributed by atoms with Crippen LogP contribution >= 0.6 is 15.9 Å². The zero-order valence-electron chi connectivity index (χ0n) is 6.35. The summed E-state index contributed by atoms with van der Waals surface area (Å²) in [6.45, 7) is -0.828. The Bertz CT molecular complexity index is 455. The highest BCUT2D eigenvalue weighted by molar-refractivity contribution is 9.10. The Hall–Kier alpha value is -0.970. The molecule has 1 heterocycles. The van der Waals surface area contributed by atoms with Crippen molar-refractivity contribution in [2.45, 2.75) is 6.67 Å². The number of nitrogens with zero attached hydrogens (tertiary/aromatic N) is 1. The highest BCUT2D eigenvalue weighted by Crippen LogP contribution is 2.23. The Morgan fingerprint density at radius 2 is 2.23 bits per heavy atom. The van der Waals surface area contributed by atoms with Crippen molar-refractivity contribution in [3.63, 3.8) is 0 Å². The minimum absolute atomic E-state index is 0.0656. The van der Waals surface area contributed by atoms with E-state index < -0.39 is 12.5 Å². The van der Waals surface area contributed by atoms with Gasteiger partial charge in [-0.2, -0.15) is 0 Å². The van der Waals surface area contributed by atoms with E-state index in [0.29, 0.717) is 4.47 Å². The molecule has 5 heteroatoms. The molecule has 2 aromatic rings. The molecule has 68 valence electrons. The number of halogens is 3. The SMILES string of the molecule is FCc1nc2c(F)cc(Br)cc2o1. The third-order valence-electron chi connectivity index (χ3n) is 1.57. The molecule has 0 N–H and O–H groups in total. The number of hydrogen-bond donors (Lipinski definition) is 0. The molecule has 0 saturated heterocycles. The number of benzene rings is 1. The molecule has 13 heavy (non-hydrogen) atoms. The van der Waals surface area contributed by atoms with E-state index in [1.807, 2.05) is 0 Å². The van der Waals surface area contributed by atoms with Crippen molar-refractivity contribution in [3.8, 4) is 0 Å². The lowest BCUT2D eigenvalue weighted by Gasteiger charge is -1.90. The second-order valence-corrected chi connectivity index (χ2v) is 3.39. The van der Waals surface area contributed by atoms with Crippen molar-refractivity contribution in [2.75, 3.05) is 0 Å². The molecule has 0 spiro atoms. The van der Waals surface area contributed by atoms with Crippen LogP contribution in [0.15, 0.2) is 21.0 Å². The van der Waals surface area contributed by atoms with Crippen LogP contribution in [0.25, 0.3) is 11.1 Å². The Kier molecular flexibility index (Phi) is 2.03. The monoisotopic (exact) mass is 247 g/mol. The van der Waals surface area contributed by atoms with Gasteiger partial charge in [0.2, 0.25) is 5.89 Å². The van der Waals surface area contributed by atoms with Crippen molar-refractivity contribution in [2.24, 2.45) is 0 Å². The first-order valence-corrected chi connectivity index (χ1v) is 4.30. The van der Waals surface area contributed by atoms with E-state index >= 15 is 0 Å². The van der Waals surface area contributed by atoms with Gasteiger partial charge in [-0.05, 0) is 12.1 Å². The number of hydrogen-bond acceptors (Lipinski definition) is 2. The van der Waals surface area contributed by atoms with E-state index in [4.69, 9.17) is 4.42 Å². The van der Waals surface area contributed by atoms with Crippen molar-refractivity contribution >= 4 is 27.0 Å². The topological polar surface area (TPSA) is 26.0 Å². The van der Waals surface area contributed by atoms with Gasteiger partial charge in [-0.25, -0.2) is 13.8 Å². The summed E-state index contributed by atoms with van der Waals surface area (Å²) in [4.78, 5) is 3.63. The predicted octanol–water partition coefficient (Wildman–Crippen LogP) is 3.20. The van der Waals surface area contributed by atoms with Crippen molar-refractivity contribution < 1.29 is 13.2 Å². The molecule has 0 aliphatic carbocycles. The molecule has 2 rings (SSSR count). The third-order valence-corrected chi connectivity index (χ3v) is 2.03. The van der Waals surface area contributed by atoms with Gasteiger partial charge in [0.1, 0.15) is 5.52 Å². The maximum absolute atomic E-state index is 13.1. The maximum atomic E-state index is 13.1. The summed E-state index contributed by atoms with van der Waals surface area (Å²) in [5.41, 5.74) is 0.315. The summed E-state index contributed by atoms with van der Waals surface area (Å²) in [6, 6.07) is 2.80. The Labute approximate surface area is 80.7 Å². The van der Waals surface area contributed by atoms with Crippen LogP contribution in [0.3, 0.4) is 0 Å². The average molecular weight is 248 g/mol. The van der Waals surface area contributed by atoms with Gasteiger partial charge in [0.25, 0.3) is 0 Å². The summed E-state index contributed by atoms with van der Waals surface area (Å²) >= 11 is 3.09. The molecule has 2 nitrogen and oxygen atoms in total. The highest BCUT2D eigenvalue weighted by Gasteiger charge is 2.10. The normalized spacial score (nSPS) is 11.0. The van der Waals surface area contributed by atoms with Crippen LogP contribution in [0, 0.1) is 5.82 Å². The average Bonchev–Trinajstić information content (AvgIpc) is 2.47. The second-order valence-electron chi connectivity index (χ2n) is 2.48. The molecule has 0 aliphatic rings. The Morgan fingerprint density at radius 1 is 1.46 bits per heavy atom. The molecule has 1 aromatic heterocycles. The fourth-order valence-corrected chi connectivity index (χ4v) is 1.47. The lowest BCUT2D eigenvalue weighted by atomic mass is 10.3. The molecule has 0 saturated carbocycles. The highest BCUT2D eigenvalue weighted by atomic mass is 79.9. The minimum atomic E-state index is -0.828. The third kappa shape index (κ3) is 1.44. The summed E-state index contributed by atoms with van der Waals surface area (Å²) in [5.74, 6) is -0.625. The van der Waals surface area contributed by atoms with E-state index in [1.165, 1.54) is 6.07 Å². The van der Waals surface area contributed by atoms with Gasteiger partial charge in [-0.1, -0.05) is 15.9 Å². The molecule has 1 aromatic carbocycles. The van der Waals surface area contributed by atoms with Gasteiger partial charge in [0.05, 0.1) is 0 Å². The summed E-state index contributed by atoms with van der Waals surface area (Å²) in [7, 11) is 0. The van der Waals surface area contributed by atoms with Gasteiger partial charge in [-0.15, -0.1) is 0 Å². The van der Waals surface area contributed by atoms with E-state index in [0.717, 1.165) is 0 Å². The number of rotatable bonds is 1. The summed E-state index contributed by atoms with van der Waals surface area (Å²) < 4.78 is 30.7. The number of alkyl halides is 1. The van der Waals surface area contributed by atoms with Gasteiger partial charge < -0.3 is 4.42 Å². The molecule has 0 fully saturated rings. The van der Waals surface area contributed by atoms with E-state index in [9.17, 15) is 8.78 Å². The maximum Gasteiger partial charge on any atom is 0.227 e. The van der Waals surface area contributed by atoms with Crippen molar-refractivity contribution in [1.29, 1.82) is 0 Å². The Morgan fingerprint density at radius 3 is 2.92 bits per heavy atom. The van der Waals surface area contributed by atoms with Crippen LogP contribution in [0.2, 0.25) is 0 Å². The van der Waals surface area contributed by atoms with Crippen LogP contribution < -0.4 is 0 Å². The zero-order valence-corrected chi connectivity index (χ0v) is 7.94. The van der Waals surface area contributed by atoms with Crippen LogP contribution in [0.1, 0.15) is 5.89 Å². The fourth-order valence-electron chi connectivity index (χ4n) is 1.06. The predicted molar refractivity (Wildman–Crippen MR) is 46.5 cm³/mol. The van der Waals surface area contributed by atoms with Gasteiger partial charge in [-0.3, -0.25) is 0 Å². The minimum Gasteiger partial charge on any atom is -0.438 e. The van der Waals surface area contributed by atoms with Crippen LogP contribution in [-0.4, -0.2) is 4.98 Å². The Balaban J connectivity index is 2.75. The number of fused-ring (bicyclic) bond motifs is 1. The molecule has 0 radical (unpaired) electrons.